The molecule has 0 radical (unpaired) electrons. The van der Waals surface area contributed by atoms with Crippen LogP contribution in [0.15, 0.2) is 598 Å². The molecule has 0 saturated heterocycles. The molecule has 17 rings (SSSR count). The fourth-order valence-corrected chi connectivity index (χ4v) is 26.3. The van der Waals surface area contributed by atoms with Gasteiger partial charge in [0.15, 0.2) is 88.1 Å². The van der Waals surface area contributed by atoms with Crippen molar-refractivity contribution in [2.75, 3.05) is 0 Å². The number of rotatable bonds is 26. The maximum atomic E-state index is 4.30. The van der Waals surface area contributed by atoms with E-state index in [-0.39, 0.29) is 65.4 Å². The van der Waals surface area contributed by atoms with Crippen molar-refractivity contribution in [3.8, 4) is 0 Å². The average Bonchev–Trinajstić information content (AvgIpc) is 0.846. The zero-order valence-corrected chi connectivity index (χ0v) is 79.3. The summed E-state index contributed by atoms with van der Waals surface area (Å²) < 4.78 is 0. The van der Waals surface area contributed by atoms with Crippen LogP contribution in [-0.4, -0.2) is 0 Å². The van der Waals surface area contributed by atoms with E-state index in [1.807, 2.05) is 12.1 Å². The van der Waals surface area contributed by atoms with Crippen LogP contribution in [0.4, 0.5) is 0 Å². The van der Waals surface area contributed by atoms with E-state index in [1.165, 1.54) is 142 Å². The molecule has 0 aliphatic rings. The lowest BCUT2D eigenvalue weighted by molar-refractivity contribution is 0.794. The second-order valence-corrected chi connectivity index (χ2v) is 42.7. The molecule has 0 saturated carbocycles. The molecule has 0 heterocycles. The summed E-state index contributed by atoms with van der Waals surface area (Å²) in [7, 11) is -0.269. The number of unbranched alkanes of at least 4 members (excludes halogenated alkanes) is 1. The third-order valence-electron chi connectivity index (χ3n) is 20.7. The summed E-state index contributed by atoms with van der Waals surface area (Å²) in [6.07, 6.45) is 11.2. The predicted octanol–water partition coefficient (Wildman–Crippen LogP) is 33.2. The molecule has 0 N–H and O–H groups in total. The molecule has 0 fully saturated rings. The number of benzene rings is 17. The smallest absolute Gasteiger partial charge is 0.0958 e. The molecule has 6 heteroatoms. The van der Waals surface area contributed by atoms with Crippen molar-refractivity contribution in [2.45, 2.75) is 170 Å². The summed E-state index contributed by atoms with van der Waals surface area (Å²) in [5.41, 5.74) is 9.22. The molecule has 0 unspecified atom stereocenters. The highest BCUT2D eigenvalue weighted by molar-refractivity contribution is 8.01. The summed E-state index contributed by atoms with van der Waals surface area (Å²) in [6.45, 7) is 23.5. The Morgan fingerprint density at radius 2 is 0.370 bits per heavy atom. The summed E-state index contributed by atoms with van der Waals surface area (Å²) >= 11 is 0. The molecule has 0 atom stereocenters. The van der Waals surface area contributed by atoms with E-state index in [2.05, 4.69) is 541 Å². The van der Waals surface area contributed by atoms with E-state index in [0.717, 1.165) is 23.3 Å². The monoisotopic (exact) mass is 1760 g/mol. The third-order valence-corrected chi connectivity index (χ3v) is 34.0. The molecule has 0 amide bonds. The maximum Gasteiger partial charge on any atom is 0.166 e. The quantitative estimate of drug-likeness (QED) is 0.0374. The van der Waals surface area contributed by atoms with Crippen LogP contribution < -0.4 is 0 Å². The lowest BCUT2D eigenvalue weighted by Crippen LogP contribution is -2.04. The molecule has 0 aromatic heterocycles. The molecule has 0 nitrogen and oxygen atoms in total. The molecule has 0 spiro atoms. The minimum Gasteiger partial charge on any atom is -0.0958 e. The first-order valence-corrected chi connectivity index (χ1v) is 51.3. The van der Waals surface area contributed by atoms with Gasteiger partial charge in [-0.1, -0.05) is 347 Å². The fourth-order valence-electron chi connectivity index (χ4n) is 14.0. The molecule has 632 valence electrons. The van der Waals surface area contributed by atoms with Gasteiger partial charge in [-0.2, -0.15) is 0 Å². The maximum absolute atomic E-state index is 4.30. The van der Waals surface area contributed by atoms with Gasteiger partial charge in [-0.3, -0.25) is 0 Å². The van der Waals surface area contributed by atoms with Gasteiger partial charge in [-0.25, -0.2) is 0 Å². The zero-order chi connectivity index (χ0) is 88.4. The van der Waals surface area contributed by atoms with Crippen molar-refractivity contribution in [1.29, 1.82) is 0 Å². The van der Waals surface area contributed by atoms with Crippen LogP contribution in [0.5, 0.6) is 0 Å². The molecule has 17 aromatic carbocycles. The van der Waals surface area contributed by atoms with E-state index in [4.69, 9.17) is 0 Å². The lowest BCUT2D eigenvalue weighted by Gasteiger charge is -2.09. The van der Waals surface area contributed by atoms with Gasteiger partial charge in [0, 0.05) is 0 Å². The summed E-state index contributed by atoms with van der Waals surface area (Å²) in [4.78, 5) is 24.3. The van der Waals surface area contributed by atoms with Crippen LogP contribution in [0.25, 0.3) is 0 Å². The van der Waals surface area contributed by atoms with Gasteiger partial charge in [0.25, 0.3) is 0 Å². The van der Waals surface area contributed by atoms with Crippen molar-refractivity contribution in [2.24, 2.45) is 0 Å². The first-order valence-electron chi connectivity index (χ1n) is 43.9. The van der Waals surface area contributed by atoms with Gasteiger partial charge in [-0.05, 0) is 283 Å². The Hall–Kier alpha value is -11.9. The molecular weight excluding hydrogens is 1650 g/mol. The molecular formula is C121H118S6+6. The highest BCUT2D eigenvalue weighted by atomic mass is 32.2. The van der Waals surface area contributed by atoms with E-state index in [9.17, 15) is 0 Å². The highest BCUT2D eigenvalue weighted by Gasteiger charge is 2.34. The molecule has 0 aliphatic carbocycles. The first-order chi connectivity index (χ1) is 62.4. The van der Waals surface area contributed by atoms with Crippen molar-refractivity contribution in [3.63, 3.8) is 0 Å². The Bertz CT molecular complexity index is 5620. The third kappa shape index (κ3) is 29.0. The van der Waals surface area contributed by atoms with Gasteiger partial charge in [0.2, 0.25) is 0 Å². The van der Waals surface area contributed by atoms with Crippen LogP contribution in [0.2, 0.25) is 0 Å². The number of hydrogen-bond acceptors (Lipinski definition) is 0. The van der Waals surface area contributed by atoms with Gasteiger partial charge in [0.05, 0.1) is 65.4 Å². The Morgan fingerprint density at radius 1 is 0.197 bits per heavy atom. The summed E-state index contributed by atoms with van der Waals surface area (Å²) in [6, 6.07) is 172. The predicted molar refractivity (Wildman–Crippen MR) is 553 cm³/mol. The lowest BCUT2D eigenvalue weighted by atomic mass is 10.1. The fraction of sp³-hybridized carbons (Fsp3) is 0.107. The van der Waals surface area contributed by atoms with Crippen LogP contribution >= 0.6 is 0 Å². The standard InChI is InChI=1S/C22H23S.2C21H21S.C20H21S.C19H17S.C18H15S/c1-2-3-10-19-15-17-22(18-16-19)23(20-11-6-4-7-12-20)21-13-8-5-9-14-21;1-16-4-10-19(11-5-16)22(20-12-6-17(2)7-13-20)21-14-8-18(3)9-15-21;1-2-9-18-14-16-21(17-15-18)22(19-10-5-3-6-11-19)20-12-7-4-8-13-20;1-4-17(2)15-16-18(3)21(19-11-7-5-8-12-19)20-13-9-6-10-14-20;1-16-12-14-19(15-13-16)20(17-8-4-2-5-9-17)18-10-6-3-7-11-18;1-4-10-16(11-5-1)19(17-12-6-2-7-13-17)18-14-8-3-9-15-18/h4-9,11-18H,2-3,10H2,1H3;4-15H,1-3H3;3-8,10-17H,2,9H2,1H3;5-16H,2-4H2,1H3;2-15H,1H3;1-15H/q6*+1/b;;;16-15-;;. The Kier molecular flexibility index (Phi) is 38.3. The van der Waals surface area contributed by atoms with Crippen LogP contribution in [0.1, 0.15) is 79.8 Å². The number of aryl methyl sites for hydroxylation is 6. The van der Waals surface area contributed by atoms with Crippen LogP contribution in [-0.2, 0) is 78.2 Å². The van der Waals surface area contributed by atoms with Crippen molar-refractivity contribution in [1.82, 2.24) is 0 Å². The Morgan fingerprint density at radius 3 is 0.551 bits per heavy atom. The first kappa shape index (κ1) is 94.2. The van der Waals surface area contributed by atoms with Gasteiger partial charge < -0.3 is 0 Å². The van der Waals surface area contributed by atoms with E-state index >= 15 is 0 Å². The molecule has 0 aliphatic heterocycles. The largest absolute Gasteiger partial charge is 0.166 e. The number of hydrogen-bond donors (Lipinski definition) is 0. The number of allylic oxidation sites excluding steroid dienone is 3. The molecule has 17 aromatic rings. The second kappa shape index (κ2) is 51.6. The molecule has 127 heavy (non-hydrogen) atoms. The SMILES string of the molecule is C=C(/C=C\C(=C)[S+](c1ccccc1)c1ccccc1)CC.CCCCc1ccc([S+](c2ccccc2)c2ccccc2)cc1.CCCc1ccc([S+](c2ccccc2)c2ccccc2)cc1.Cc1ccc([S+](c2ccc(C)cc2)c2ccc(C)cc2)cc1.Cc1ccc([S+](c2ccccc2)c2ccccc2)cc1.c1ccc([S+](c2ccccc2)c2ccccc2)cc1. The minimum absolute atomic E-state index is 0.0146. The minimum atomic E-state index is -0.137. The Labute approximate surface area is 777 Å². The van der Waals surface area contributed by atoms with Crippen molar-refractivity contribution < 1.29 is 0 Å². The van der Waals surface area contributed by atoms with Crippen molar-refractivity contribution in [3.05, 3.63) is 548 Å². The zero-order valence-electron chi connectivity index (χ0n) is 74.4. The van der Waals surface area contributed by atoms with Gasteiger partial charge in [-0.15, -0.1) is 0 Å². The van der Waals surface area contributed by atoms with Gasteiger partial charge in [0.1, 0.15) is 0 Å². The Balaban J connectivity index is 0.000000139. The van der Waals surface area contributed by atoms with E-state index in [0.29, 0.717) is 0 Å². The van der Waals surface area contributed by atoms with Gasteiger partial charge >= 0.3 is 0 Å². The van der Waals surface area contributed by atoms with E-state index in [1.54, 1.807) is 0 Å². The average molecular weight is 1760 g/mol. The van der Waals surface area contributed by atoms with E-state index < -0.39 is 0 Å². The second-order valence-electron chi connectivity index (χ2n) is 30.5. The topological polar surface area (TPSA) is 0 Å². The van der Waals surface area contributed by atoms with Crippen molar-refractivity contribution >= 4 is 65.4 Å². The highest BCUT2D eigenvalue weighted by Crippen LogP contribution is 2.38. The van der Waals surface area contributed by atoms with Crippen LogP contribution in [0, 0.1) is 27.7 Å². The molecule has 0 bridgehead atoms. The summed E-state index contributed by atoms with van der Waals surface area (Å²) in [5, 5.41) is 0. The normalized spacial score (nSPS) is 10.8. The van der Waals surface area contributed by atoms with Crippen LogP contribution in [0.3, 0.4) is 0 Å². The summed E-state index contributed by atoms with van der Waals surface area (Å²) in [5.74, 6) is 0.